The standard InChI is InChI=1S/C68H126NO8P/c1-3-5-7-9-11-13-15-17-19-21-22-23-24-25-26-27-28-29-30-31-32-33-34-35-36-37-38-39-40-41-42-43-44-45-47-49-51-53-55-57-59-61-68(71)77-66(65-76-78(72,73)75-63-62-69)64-74-67(70)60-58-56-54-52-50-48-46-20-18-16-14-12-10-8-6-4-2/h5,7,11,13,17,19,22-23,25-26,66H,3-4,6,8-10,12,14-16,18,20-21,24,27-65,69H2,1-2H3,(H,72,73)/b7-5-,13-11-,19-17-,23-22-,26-25-. The number of carbonyl (C=O) groups excluding carboxylic acids is 2. The van der Waals surface area contributed by atoms with Crippen LogP contribution in [0.4, 0.5) is 0 Å². The zero-order chi connectivity index (χ0) is 56.6. The maximum absolute atomic E-state index is 12.7. The third-order valence-electron chi connectivity index (χ3n) is 14.7. The van der Waals surface area contributed by atoms with E-state index in [2.05, 4.69) is 74.6 Å². The van der Waals surface area contributed by atoms with Crippen LogP contribution < -0.4 is 5.73 Å². The number of esters is 2. The van der Waals surface area contributed by atoms with Crippen LogP contribution in [0, 0.1) is 0 Å². The predicted molar refractivity (Wildman–Crippen MR) is 335 cm³/mol. The second-order valence-electron chi connectivity index (χ2n) is 22.3. The van der Waals surface area contributed by atoms with Gasteiger partial charge in [-0.2, -0.15) is 0 Å². The largest absolute Gasteiger partial charge is 0.472 e. The molecule has 0 aliphatic heterocycles. The first kappa shape index (κ1) is 75.7. The maximum atomic E-state index is 12.7. The number of rotatable bonds is 63. The van der Waals surface area contributed by atoms with Gasteiger partial charge in [-0.1, -0.05) is 319 Å². The molecule has 2 atom stereocenters. The molecule has 0 amide bonds. The van der Waals surface area contributed by atoms with Gasteiger partial charge in [-0.25, -0.2) is 4.57 Å². The fraction of sp³-hybridized carbons (Fsp3) is 0.824. The zero-order valence-corrected chi connectivity index (χ0v) is 52.1. The van der Waals surface area contributed by atoms with Crippen LogP contribution in [0.3, 0.4) is 0 Å². The minimum Gasteiger partial charge on any atom is -0.462 e. The van der Waals surface area contributed by atoms with Crippen molar-refractivity contribution in [2.75, 3.05) is 26.4 Å². The van der Waals surface area contributed by atoms with Gasteiger partial charge in [0, 0.05) is 19.4 Å². The minimum atomic E-state index is -4.38. The fourth-order valence-electron chi connectivity index (χ4n) is 9.79. The van der Waals surface area contributed by atoms with Gasteiger partial charge in [0.2, 0.25) is 0 Å². The molecule has 0 fully saturated rings. The number of unbranched alkanes of at least 4 members (excludes halogenated alkanes) is 40. The summed E-state index contributed by atoms with van der Waals surface area (Å²) in [5.74, 6) is -0.808. The molecule has 0 aromatic carbocycles. The fourth-order valence-corrected chi connectivity index (χ4v) is 10.6. The van der Waals surface area contributed by atoms with E-state index in [1.807, 2.05) is 0 Å². The van der Waals surface area contributed by atoms with Crippen LogP contribution in [0.25, 0.3) is 0 Å². The monoisotopic (exact) mass is 1120 g/mol. The number of phosphoric acid groups is 1. The summed E-state index contributed by atoms with van der Waals surface area (Å²) in [4.78, 5) is 35.2. The summed E-state index contributed by atoms with van der Waals surface area (Å²) >= 11 is 0. The number of hydrogen-bond donors (Lipinski definition) is 2. The average Bonchev–Trinajstić information content (AvgIpc) is 3.43. The first-order valence-corrected chi connectivity index (χ1v) is 34.8. The summed E-state index contributed by atoms with van der Waals surface area (Å²) in [5, 5.41) is 0. The Hall–Kier alpha value is -2.29. The number of hydrogen-bond acceptors (Lipinski definition) is 8. The van der Waals surface area contributed by atoms with Crippen LogP contribution >= 0.6 is 7.82 Å². The van der Waals surface area contributed by atoms with Crippen LogP contribution in [0.2, 0.25) is 0 Å². The van der Waals surface area contributed by atoms with Gasteiger partial charge in [-0.15, -0.1) is 0 Å². The van der Waals surface area contributed by atoms with Gasteiger partial charge in [0.1, 0.15) is 6.61 Å². The Morgan fingerprint density at radius 1 is 0.397 bits per heavy atom. The molecule has 0 bridgehead atoms. The summed E-state index contributed by atoms with van der Waals surface area (Å²) in [6, 6.07) is 0. The lowest BCUT2D eigenvalue weighted by Gasteiger charge is -2.19. The van der Waals surface area contributed by atoms with Gasteiger partial charge in [0.25, 0.3) is 0 Å². The highest BCUT2D eigenvalue weighted by atomic mass is 31.2. The lowest BCUT2D eigenvalue weighted by Crippen LogP contribution is -2.29. The average molecular weight is 1120 g/mol. The molecule has 0 rings (SSSR count). The molecule has 10 heteroatoms. The Bertz CT molecular complexity index is 1460. The van der Waals surface area contributed by atoms with Gasteiger partial charge in [0.15, 0.2) is 6.10 Å². The van der Waals surface area contributed by atoms with E-state index in [0.717, 1.165) is 64.2 Å². The molecule has 0 aliphatic carbocycles. The molecular weight excluding hydrogens is 990 g/mol. The normalized spacial score (nSPS) is 13.3. The smallest absolute Gasteiger partial charge is 0.462 e. The Labute approximate surface area is 482 Å². The number of ether oxygens (including phenoxy) is 2. The first-order chi connectivity index (χ1) is 38.3. The van der Waals surface area contributed by atoms with Crippen LogP contribution in [-0.4, -0.2) is 49.3 Å². The lowest BCUT2D eigenvalue weighted by atomic mass is 10.0. The van der Waals surface area contributed by atoms with E-state index < -0.39 is 26.5 Å². The quantitative estimate of drug-likeness (QED) is 0.0264. The van der Waals surface area contributed by atoms with Crippen molar-refractivity contribution < 1.29 is 37.6 Å². The second kappa shape index (κ2) is 63.9. The Kier molecular flexibility index (Phi) is 62.0. The SMILES string of the molecule is CC/C=C\C/C=C\C/C=C\C/C=C\C/C=C\CCCCCCCCCCCCCCCCCCCCCCCCCCCC(=O)OC(COC(=O)CCCCCCCCCCCCCCCCCC)COP(=O)(O)OCCN. The van der Waals surface area contributed by atoms with Gasteiger partial charge < -0.3 is 20.1 Å². The molecular formula is C68H126NO8P. The highest BCUT2D eigenvalue weighted by molar-refractivity contribution is 7.47. The van der Waals surface area contributed by atoms with Gasteiger partial charge in [-0.3, -0.25) is 18.6 Å². The molecule has 456 valence electrons. The van der Waals surface area contributed by atoms with E-state index in [1.54, 1.807) is 0 Å². The molecule has 0 saturated heterocycles. The topological polar surface area (TPSA) is 134 Å². The molecule has 0 heterocycles. The molecule has 0 saturated carbocycles. The van der Waals surface area contributed by atoms with Crippen molar-refractivity contribution in [1.29, 1.82) is 0 Å². The first-order valence-electron chi connectivity index (χ1n) is 33.3. The van der Waals surface area contributed by atoms with Crippen molar-refractivity contribution in [3.05, 3.63) is 60.8 Å². The zero-order valence-electron chi connectivity index (χ0n) is 51.2. The van der Waals surface area contributed by atoms with Crippen molar-refractivity contribution in [2.24, 2.45) is 5.73 Å². The summed E-state index contributed by atoms with van der Waals surface area (Å²) in [6.07, 6.45) is 81.8. The van der Waals surface area contributed by atoms with Crippen molar-refractivity contribution in [1.82, 2.24) is 0 Å². The van der Waals surface area contributed by atoms with E-state index in [9.17, 15) is 19.0 Å². The third kappa shape index (κ3) is 62.9. The molecule has 2 unspecified atom stereocenters. The molecule has 0 spiro atoms. The second-order valence-corrected chi connectivity index (χ2v) is 23.8. The van der Waals surface area contributed by atoms with Gasteiger partial charge in [0.05, 0.1) is 13.2 Å². The predicted octanol–water partition coefficient (Wildman–Crippen LogP) is 21.5. The third-order valence-corrected chi connectivity index (χ3v) is 15.7. The summed E-state index contributed by atoms with van der Waals surface area (Å²) in [6.45, 7) is 3.68. The maximum Gasteiger partial charge on any atom is 0.472 e. The van der Waals surface area contributed by atoms with Crippen molar-refractivity contribution in [3.63, 3.8) is 0 Å². The Balaban J connectivity index is 3.74. The molecule has 0 radical (unpaired) electrons. The molecule has 0 aromatic heterocycles. The van der Waals surface area contributed by atoms with Gasteiger partial charge in [-0.05, 0) is 57.8 Å². The van der Waals surface area contributed by atoms with E-state index in [4.69, 9.17) is 24.3 Å². The van der Waals surface area contributed by atoms with Gasteiger partial charge >= 0.3 is 19.8 Å². The summed E-state index contributed by atoms with van der Waals surface area (Å²) in [7, 11) is -4.38. The molecule has 78 heavy (non-hydrogen) atoms. The van der Waals surface area contributed by atoms with E-state index in [1.165, 1.54) is 231 Å². The number of phosphoric ester groups is 1. The lowest BCUT2D eigenvalue weighted by molar-refractivity contribution is -0.161. The molecule has 9 nitrogen and oxygen atoms in total. The van der Waals surface area contributed by atoms with Crippen LogP contribution in [0.5, 0.6) is 0 Å². The molecule has 3 N–H and O–H groups in total. The molecule has 0 aromatic rings. The van der Waals surface area contributed by atoms with Crippen molar-refractivity contribution in [3.8, 4) is 0 Å². The highest BCUT2D eigenvalue weighted by Crippen LogP contribution is 2.43. The molecule has 0 aliphatic rings. The Morgan fingerprint density at radius 3 is 1.05 bits per heavy atom. The van der Waals surface area contributed by atoms with Crippen LogP contribution in [0.1, 0.15) is 328 Å². The van der Waals surface area contributed by atoms with Crippen molar-refractivity contribution in [2.45, 2.75) is 335 Å². The highest BCUT2D eigenvalue weighted by Gasteiger charge is 2.26. The minimum absolute atomic E-state index is 0.0559. The summed E-state index contributed by atoms with van der Waals surface area (Å²) in [5.41, 5.74) is 5.39. The van der Waals surface area contributed by atoms with Crippen LogP contribution in [0.15, 0.2) is 60.8 Å². The summed E-state index contributed by atoms with van der Waals surface area (Å²) < 4.78 is 33.1. The number of carbonyl (C=O) groups is 2. The van der Waals surface area contributed by atoms with E-state index >= 15 is 0 Å². The van der Waals surface area contributed by atoms with E-state index in [0.29, 0.717) is 6.42 Å². The van der Waals surface area contributed by atoms with Crippen molar-refractivity contribution >= 4 is 19.8 Å². The number of allylic oxidation sites excluding steroid dienone is 10. The van der Waals surface area contributed by atoms with Crippen LogP contribution in [-0.2, 0) is 32.7 Å². The Morgan fingerprint density at radius 2 is 0.705 bits per heavy atom. The number of nitrogens with two attached hydrogens (primary N) is 1. The van der Waals surface area contributed by atoms with E-state index in [-0.39, 0.29) is 38.6 Å².